The Hall–Kier alpha value is -2.54. The minimum atomic E-state index is -0.917. The predicted molar refractivity (Wildman–Crippen MR) is 109 cm³/mol. The minimum Gasteiger partial charge on any atom is -0.392 e. The van der Waals surface area contributed by atoms with Gasteiger partial charge in [-0.3, -0.25) is 4.90 Å². The summed E-state index contributed by atoms with van der Waals surface area (Å²) in [6.45, 7) is 2.41. The third-order valence-corrected chi connectivity index (χ3v) is 5.95. The van der Waals surface area contributed by atoms with Gasteiger partial charge in [0.25, 0.3) is 0 Å². The van der Waals surface area contributed by atoms with Gasteiger partial charge in [0, 0.05) is 37.8 Å². The second-order valence-electron chi connectivity index (χ2n) is 7.85. The number of β-amino-alcohol motifs (C(OH)–C–C–N with tert-alkyl or cyclic N) is 2. The molecule has 6 heteroatoms. The largest absolute Gasteiger partial charge is 0.392 e. The molecule has 6 nitrogen and oxygen atoms in total. The van der Waals surface area contributed by atoms with Gasteiger partial charge in [-0.1, -0.05) is 36.4 Å². The third kappa shape index (κ3) is 3.13. The van der Waals surface area contributed by atoms with Gasteiger partial charge in [0.1, 0.15) is 5.72 Å². The lowest BCUT2D eigenvalue weighted by Crippen LogP contribution is -2.50. The van der Waals surface area contributed by atoms with Crippen molar-refractivity contribution in [2.45, 2.75) is 24.7 Å². The van der Waals surface area contributed by atoms with Crippen LogP contribution in [0.15, 0.2) is 54.7 Å². The van der Waals surface area contributed by atoms with Crippen molar-refractivity contribution in [3.05, 3.63) is 54.7 Å². The fourth-order valence-corrected chi connectivity index (χ4v) is 4.34. The quantitative estimate of drug-likeness (QED) is 0.731. The number of hydrogen-bond donors (Lipinski definition) is 2. The predicted octanol–water partition coefficient (Wildman–Crippen LogP) is 2.26. The molecular weight excluding hydrogens is 352 g/mol. The van der Waals surface area contributed by atoms with E-state index < -0.39 is 5.72 Å². The number of fused-ring (bicyclic) bond motifs is 1. The van der Waals surface area contributed by atoms with Gasteiger partial charge in [0.15, 0.2) is 0 Å². The summed E-state index contributed by atoms with van der Waals surface area (Å²) in [4.78, 5) is 13.3. The summed E-state index contributed by atoms with van der Waals surface area (Å²) in [5.41, 5.74) is 1.02. The number of likely N-dealkylation sites (tertiary alicyclic amines) is 1. The molecule has 0 saturated carbocycles. The van der Waals surface area contributed by atoms with Gasteiger partial charge in [-0.2, -0.15) is 0 Å². The summed E-state index contributed by atoms with van der Waals surface area (Å²) < 4.78 is 0. The number of benzene rings is 2. The van der Waals surface area contributed by atoms with Crippen molar-refractivity contribution >= 4 is 16.7 Å². The Bertz CT molecular complexity index is 1010. The van der Waals surface area contributed by atoms with Crippen molar-refractivity contribution in [1.82, 2.24) is 14.9 Å². The molecule has 0 spiro atoms. The fourth-order valence-electron chi connectivity index (χ4n) is 4.34. The smallest absolute Gasteiger partial charge is 0.226 e. The summed E-state index contributed by atoms with van der Waals surface area (Å²) in [6, 6.07) is 16.5. The molecule has 2 fully saturated rings. The van der Waals surface area contributed by atoms with E-state index in [2.05, 4.69) is 35.3 Å². The molecule has 3 heterocycles. The van der Waals surface area contributed by atoms with Crippen molar-refractivity contribution in [2.75, 3.05) is 31.1 Å². The van der Waals surface area contributed by atoms with E-state index in [1.807, 2.05) is 28.0 Å². The van der Waals surface area contributed by atoms with Gasteiger partial charge in [0.2, 0.25) is 5.95 Å². The first-order chi connectivity index (χ1) is 13.6. The molecule has 0 bridgehead atoms. The van der Waals surface area contributed by atoms with E-state index in [1.165, 1.54) is 10.8 Å². The molecule has 0 unspecified atom stereocenters. The number of aliphatic hydroxyl groups excluding tert-OH is 1. The Kier molecular flexibility index (Phi) is 4.27. The molecule has 2 aliphatic rings. The zero-order chi connectivity index (χ0) is 19.1. The van der Waals surface area contributed by atoms with Crippen LogP contribution in [0, 0.1) is 0 Å². The maximum absolute atomic E-state index is 11.1. The molecule has 2 atom stereocenters. The second kappa shape index (κ2) is 6.81. The van der Waals surface area contributed by atoms with Gasteiger partial charge in [-0.25, -0.2) is 9.97 Å². The van der Waals surface area contributed by atoms with E-state index >= 15 is 0 Å². The average Bonchev–Trinajstić information content (AvgIpc) is 3.35. The number of nitrogens with zero attached hydrogens (tertiary/aromatic N) is 4. The van der Waals surface area contributed by atoms with Crippen LogP contribution in [0.5, 0.6) is 0 Å². The molecule has 144 valence electrons. The van der Waals surface area contributed by atoms with Crippen LogP contribution in [0.4, 0.5) is 5.95 Å². The van der Waals surface area contributed by atoms with Crippen LogP contribution < -0.4 is 4.90 Å². The monoisotopic (exact) mass is 376 g/mol. The zero-order valence-corrected chi connectivity index (χ0v) is 15.7. The maximum Gasteiger partial charge on any atom is 0.226 e. The van der Waals surface area contributed by atoms with E-state index in [0.29, 0.717) is 32.0 Å². The van der Waals surface area contributed by atoms with Crippen LogP contribution in [0.1, 0.15) is 12.8 Å². The first-order valence-corrected chi connectivity index (χ1v) is 9.83. The summed E-state index contributed by atoms with van der Waals surface area (Å²) in [5.74, 6) is 0.640. The molecule has 5 rings (SSSR count). The highest BCUT2D eigenvalue weighted by atomic mass is 16.3. The Balaban J connectivity index is 1.40. The van der Waals surface area contributed by atoms with Gasteiger partial charge in [-0.15, -0.1) is 0 Å². The molecule has 2 saturated heterocycles. The topological polar surface area (TPSA) is 72.7 Å². The minimum absolute atomic E-state index is 0.342. The van der Waals surface area contributed by atoms with Crippen molar-refractivity contribution in [2.24, 2.45) is 0 Å². The van der Waals surface area contributed by atoms with Gasteiger partial charge in [0.05, 0.1) is 18.3 Å². The van der Waals surface area contributed by atoms with Crippen LogP contribution in [0.25, 0.3) is 22.0 Å². The Morgan fingerprint density at radius 1 is 1.04 bits per heavy atom. The van der Waals surface area contributed by atoms with Crippen molar-refractivity contribution in [3.8, 4) is 11.3 Å². The average molecular weight is 376 g/mol. The zero-order valence-electron chi connectivity index (χ0n) is 15.7. The van der Waals surface area contributed by atoms with E-state index in [4.69, 9.17) is 4.98 Å². The lowest BCUT2D eigenvalue weighted by atomic mass is 10.1. The van der Waals surface area contributed by atoms with Gasteiger partial charge < -0.3 is 15.1 Å². The number of aromatic nitrogens is 2. The van der Waals surface area contributed by atoms with Crippen molar-refractivity contribution in [3.63, 3.8) is 0 Å². The van der Waals surface area contributed by atoms with Crippen LogP contribution in [0.3, 0.4) is 0 Å². The van der Waals surface area contributed by atoms with Crippen LogP contribution in [-0.4, -0.2) is 63.1 Å². The maximum atomic E-state index is 11.1. The molecule has 1 aromatic heterocycles. The second-order valence-corrected chi connectivity index (χ2v) is 7.85. The molecule has 0 amide bonds. The number of aliphatic hydroxyl groups is 2. The lowest BCUT2D eigenvalue weighted by Gasteiger charge is -2.33. The van der Waals surface area contributed by atoms with E-state index in [-0.39, 0.29) is 6.10 Å². The molecule has 28 heavy (non-hydrogen) atoms. The van der Waals surface area contributed by atoms with Crippen LogP contribution in [0.2, 0.25) is 0 Å². The number of anilines is 1. The van der Waals surface area contributed by atoms with Crippen LogP contribution in [-0.2, 0) is 0 Å². The van der Waals surface area contributed by atoms with Gasteiger partial charge in [-0.05, 0) is 29.3 Å². The molecule has 0 radical (unpaired) electrons. The SMILES string of the molecule is O[C@H]1CCN([C@]2(O)CCN(c3nccc(-c4ccc5ccccc5c4)n3)C2)C1. The van der Waals surface area contributed by atoms with E-state index in [1.54, 1.807) is 6.20 Å². The normalized spacial score (nSPS) is 25.6. The summed E-state index contributed by atoms with van der Waals surface area (Å²) in [6.07, 6.45) is 2.79. The Morgan fingerprint density at radius 3 is 2.71 bits per heavy atom. The molecule has 2 aliphatic heterocycles. The summed E-state index contributed by atoms with van der Waals surface area (Å²) >= 11 is 0. The summed E-state index contributed by atoms with van der Waals surface area (Å²) in [5, 5.41) is 23.3. The van der Waals surface area contributed by atoms with Gasteiger partial charge >= 0.3 is 0 Å². The highest BCUT2D eigenvalue weighted by Gasteiger charge is 2.44. The van der Waals surface area contributed by atoms with Crippen LogP contribution >= 0.6 is 0 Å². The molecule has 2 aromatic carbocycles. The first-order valence-electron chi connectivity index (χ1n) is 9.83. The summed E-state index contributed by atoms with van der Waals surface area (Å²) in [7, 11) is 0. The Morgan fingerprint density at radius 2 is 1.89 bits per heavy atom. The highest BCUT2D eigenvalue weighted by molar-refractivity contribution is 5.86. The molecule has 3 aromatic rings. The molecule has 0 aliphatic carbocycles. The molecule has 2 N–H and O–H groups in total. The van der Waals surface area contributed by atoms with Crippen molar-refractivity contribution < 1.29 is 10.2 Å². The lowest BCUT2D eigenvalue weighted by molar-refractivity contribution is -0.0826. The highest BCUT2D eigenvalue weighted by Crippen LogP contribution is 2.31. The van der Waals surface area contributed by atoms with Crippen molar-refractivity contribution in [1.29, 1.82) is 0 Å². The standard InChI is InChI=1S/C22H24N4O2/c27-19-8-11-26(14-19)22(28)9-12-25(15-22)21-23-10-7-20(24-21)18-6-5-16-3-1-2-4-17(16)13-18/h1-7,10,13,19,27-28H,8-9,11-12,14-15H2/t19-,22-/m0/s1. The third-order valence-electron chi connectivity index (χ3n) is 5.95. The Labute approximate surface area is 164 Å². The van der Waals surface area contributed by atoms with E-state index in [0.717, 1.165) is 24.2 Å². The molecular formula is C22H24N4O2. The number of hydrogen-bond acceptors (Lipinski definition) is 6. The fraction of sp³-hybridized carbons (Fsp3) is 0.364. The number of rotatable bonds is 3. The first kappa shape index (κ1) is 17.6. The van der Waals surface area contributed by atoms with E-state index in [9.17, 15) is 10.2 Å².